The minimum absolute atomic E-state index is 0. The fraction of sp³-hybridized carbons (Fsp3) is 0.864. The molecule has 1 aromatic rings. The molecule has 13 unspecified atom stereocenters. The number of fused-ring (bicyclic) bond motifs is 2. The van der Waals surface area contributed by atoms with Crippen molar-refractivity contribution in [3.63, 3.8) is 0 Å². The zero-order valence-corrected chi connectivity index (χ0v) is 47.2. The van der Waals surface area contributed by atoms with E-state index in [9.17, 15) is 62.4 Å². The minimum Gasteiger partial charge on any atom is -0.748 e. The molecule has 21 nitrogen and oxygen atoms in total. The van der Waals surface area contributed by atoms with Crippen LogP contribution in [0.25, 0.3) is 0 Å². The number of thiophene rings is 1. The number of hydrogen-bond acceptors (Lipinski definition) is 22. The van der Waals surface area contributed by atoms with Crippen LogP contribution < -0.4 is 91.4 Å². The van der Waals surface area contributed by atoms with Crippen molar-refractivity contribution in [2.75, 3.05) is 0 Å². The van der Waals surface area contributed by atoms with Crippen molar-refractivity contribution >= 4 is 61.8 Å². The van der Waals surface area contributed by atoms with Gasteiger partial charge >= 0.3 is 75.4 Å². The van der Waals surface area contributed by atoms with Gasteiger partial charge in [0.1, 0.15) is 17.1 Å². The number of nitrogens with one attached hydrogen (secondary N) is 3. The Morgan fingerprint density at radius 2 is 1.11 bits per heavy atom. The van der Waals surface area contributed by atoms with Gasteiger partial charge in [0.05, 0.1) is 86.9 Å². The number of nitriles is 2. The minimum atomic E-state index is -4.82. The maximum absolute atomic E-state index is 12.4. The van der Waals surface area contributed by atoms with E-state index in [1.165, 1.54) is 6.42 Å². The van der Waals surface area contributed by atoms with Gasteiger partial charge in [0.25, 0.3) is 0 Å². The maximum atomic E-state index is 12.4. The van der Waals surface area contributed by atoms with Gasteiger partial charge in [-0.1, -0.05) is 43.9 Å². The molecule has 1 aromatic heterocycles. The molecule has 6 saturated carbocycles. The van der Waals surface area contributed by atoms with Crippen molar-refractivity contribution in [2.45, 2.75) is 199 Å². The Bertz CT molecular complexity index is 2680. The Labute approximate surface area is 489 Å². The number of nitrogens with zero attached hydrogens (tertiary/aromatic N) is 6. The molecule has 1 saturated heterocycles. The van der Waals surface area contributed by atoms with Crippen LogP contribution in [0.2, 0.25) is 0 Å². The van der Waals surface area contributed by atoms with Crippen LogP contribution >= 0.6 is 11.3 Å². The SMILES string of the molecule is CC1C(C#N)C(NC2CCC(S(=O)(=O)[O-])CC2)NC(NC2CCC(S(=O)(=O)[O-])CC2)C1N=Nc1sc(N=NC2CCC3C(C2)C(S(=O)(=O)[O-])CCC3S(=O)(=O)[O-])c(C2CCC3CCCCC3C2)c1C#N.[Li+].[Li+].[Li+].[Li+]. The molecule has 30 heteroatoms. The molecule has 7 fully saturated rings. The van der Waals surface area contributed by atoms with Gasteiger partial charge in [-0.25, -0.2) is 33.7 Å². The fourth-order valence-corrected chi connectivity index (χ4v) is 18.6. The first-order valence-corrected chi connectivity index (χ1v) is 31.6. The van der Waals surface area contributed by atoms with Gasteiger partial charge in [-0.05, 0) is 132 Å². The van der Waals surface area contributed by atoms with E-state index in [4.69, 9.17) is 20.5 Å². The Morgan fingerprint density at radius 1 is 0.581 bits per heavy atom. The average Bonchev–Trinajstić information content (AvgIpc) is 3.66. The fourth-order valence-electron chi connectivity index (χ4n) is 13.5. The van der Waals surface area contributed by atoms with E-state index in [-0.39, 0.29) is 150 Å². The van der Waals surface area contributed by atoms with Crippen LogP contribution in [0.3, 0.4) is 0 Å². The Kier molecular flexibility index (Phi) is 24.6. The topological polar surface area (TPSA) is 362 Å². The normalized spacial score (nSPS) is 37.0. The Hall–Kier alpha value is -0.210. The Balaban J connectivity index is 0.00000296. The summed E-state index contributed by atoms with van der Waals surface area (Å²) >= 11 is 1.14. The predicted molar refractivity (Wildman–Crippen MR) is 251 cm³/mol. The molecule has 7 aliphatic rings. The van der Waals surface area contributed by atoms with Crippen LogP contribution in [0.15, 0.2) is 20.5 Å². The number of hydrogen-bond donors (Lipinski definition) is 3. The summed E-state index contributed by atoms with van der Waals surface area (Å²) in [5.74, 6) is -1.84. The second-order valence-corrected chi connectivity index (χ2v) is 28.6. The zero-order valence-electron chi connectivity index (χ0n) is 43.1. The summed E-state index contributed by atoms with van der Waals surface area (Å²) < 4.78 is 145. The summed E-state index contributed by atoms with van der Waals surface area (Å²) in [7, 11) is -18.5. The Morgan fingerprint density at radius 3 is 1.64 bits per heavy atom. The van der Waals surface area contributed by atoms with E-state index in [1.54, 1.807) is 0 Å². The van der Waals surface area contributed by atoms with Crippen LogP contribution in [0.5, 0.6) is 0 Å². The summed E-state index contributed by atoms with van der Waals surface area (Å²) in [5, 5.41) is 47.3. The molecule has 1 aliphatic heterocycles. The average molecular weight is 1100 g/mol. The second-order valence-electron chi connectivity index (χ2n) is 21.2. The molecule has 74 heavy (non-hydrogen) atoms. The summed E-state index contributed by atoms with van der Waals surface area (Å²) in [6.07, 6.45) is 8.31. The van der Waals surface area contributed by atoms with Crippen molar-refractivity contribution < 1.29 is 127 Å². The largest absolute Gasteiger partial charge is 1.00 e. The van der Waals surface area contributed by atoms with Crippen molar-refractivity contribution in [3.8, 4) is 12.1 Å². The van der Waals surface area contributed by atoms with Gasteiger partial charge in [-0.3, -0.25) is 16.0 Å². The monoisotopic (exact) mass is 1100 g/mol. The molecular formula is C44H63Li4N9O12S5. The van der Waals surface area contributed by atoms with E-state index < -0.39 is 110 Å². The molecule has 8 rings (SSSR count). The number of piperidine rings is 1. The maximum Gasteiger partial charge on any atom is 1.00 e. The van der Waals surface area contributed by atoms with Crippen LogP contribution in [-0.2, 0) is 40.5 Å². The standard InChI is InChI=1S/C44H67N9O12S5.4Li/c1-24-35(22-45)41(47-28-8-13-31(14-9-28)67(54,55)56)49-42(48-29-10-15-32(16-11-29)68(57,58)59)40(24)51-52-43-36(23-46)39(27-7-6-25-4-2-3-5-26(25)20-27)44(66-43)53-50-30-12-17-33-34(21-30)38(70(63,64)65)19-18-37(33)69(60,61)62;;;;/h24-35,37-38,40-42,47-49H,2-21H2,1H3,(H,54,55,56)(H,57,58,59)(H,60,61,62)(H,63,64,65);;;;/q;4*+1/p-4. The molecule has 6 aliphatic carbocycles. The molecule has 0 radical (unpaired) electrons. The van der Waals surface area contributed by atoms with Gasteiger partial charge in [0, 0.05) is 34.1 Å². The predicted octanol–water partition coefficient (Wildman–Crippen LogP) is -6.42. The molecule has 13 atom stereocenters. The molecule has 0 aromatic carbocycles. The van der Waals surface area contributed by atoms with Crippen molar-refractivity contribution in [2.24, 2.45) is 56.0 Å². The molecule has 0 amide bonds. The van der Waals surface area contributed by atoms with Crippen LogP contribution in [0.4, 0.5) is 10.0 Å². The van der Waals surface area contributed by atoms with Crippen LogP contribution in [-0.4, -0.2) is 109 Å². The number of rotatable bonds is 13. The summed E-state index contributed by atoms with van der Waals surface area (Å²) in [6.45, 7) is 1.87. The van der Waals surface area contributed by atoms with E-state index in [2.05, 4.69) is 28.1 Å². The van der Waals surface area contributed by atoms with Gasteiger partial charge in [-0.2, -0.15) is 20.8 Å². The van der Waals surface area contributed by atoms with E-state index in [0.717, 1.165) is 49.9 Å². The van der Waals surface area contributed by atoms with Crippen molar-refractivity contribution in [1.29, 1.82) is 10.5 Å². The molecule has 2 heterocycles. The summed E-state index contributed by atoms with van der Waals surface area (Å²) in [6, 6.07) is 3.06. The first-order chi connectivity index (χ1) is 33.0. The summed E-state index contributed by atoms with van der Waals surface area (Å²) in [4.78, 5) is 0. The second kappa shape index (κ2) is 27.5. The van der Waals surface area contributed by atoms with Gasteiger partial charge in [-0.15, -0.1) is 10.2 Å². The molecule has 3 N–H and O–H groups in total. The van der Waals surface area contributed by atoms with Crippen molar-refractivity contribution in [3.05, 3.63) is 11.1 Å². The number of azo groups is 2. The molecule has 0 bridgehead atoms. The third-order valence-corrected chi connectivity index (χ3v) is 23.4. The van der Waals surface area contributed by atoms with Crippen LogP contribution in [0.1, 0.15) is 152 Å². The molecule has 390 valence electrons. The first-order valence-electron chi connectivity index (χ1n) is 24.9. The quantitative estimate of drug-likeness (QED) is 0.0939. The molecule has 0 spiro atoms. The van der Waals surface area contributed by atoms with E-state index in [0.29, 0.717) is 60.1 Å². The van der Waals surface area contributed by atoms with Gasteiger partial charge in [0.2, 0.25) is 0 Å². The van der Waals surface area contributed by atoms with Crippen LogP contribution in [0, 0.1) is 58.2 Å². The first kappa shape index (κ1) is 66.3. The van der Waals surface area contributed by atoms with Gasteiger partial charge in [0.15, 0.2) is 5.00 Å². The zero-order chi connectivity index (χ0) is 50.3. The molecular weight excluding hydrogens is 1030 g/mol. The van der Waals surface area contributed by atoms with Gasteiger partial charge < -0.3 is 18.2 Å². The van der Waals surface area contributed by atoms with E-state index >= 15 is 0 Å². The van der Waals surface area contributed by atoms with Crippen molar-refractivity contribution in [1.82, 2.24) is 16.0 Å². The third kappa shape index (κ3) is 15.6. The summed E-state index contributed by atoms with van der Waals surface area (Å²) in [5.41, 5.74) is 0.996. The van der Waals surface area contributed by atoms with E-state index in [1.807, 2.05) is 6.92 Å². The third-order valence-electron chi connectivity index (χ3n) is 17.2. The smallest absolute Gasteiger partial charge is 0.748 e.